The number of aromatic hydroxyl groups is 1. The molecule has 0 saturated heterocycles. The van der Waals surface area contributed by atoms with Gasteiger partial charge in [-0.05, 0) is 93.9 Å². The number of azo groups is 2. The number of nitrogens with one attached hydrogen (secondary N) is 3. The van der Waals surface area contributed by atoms with Crippen LogP contribution in [0.15, 0.2) is 154 Å². The summed E-state index contributed by atoms with van der Waals surface area (Å²) in [7, 11) is -15.2. The number of aromatic carboxylic acids is 1. The number of fused-ring (bicyclic) bond motifs is 2. The van der Waals surface area contributed by atoms with E-state index >= 15 is 0 Å². The van der Waals surface area contributed by atoms with Crippen LogP contribution >= 0.6 is 24.1 Å². The van der Waals surface area contributed by atoms with E-state index in [4.69, 9.17) is 10.5 Å². The first kappa shape index (κ1) is 57.2. The molecule has 0 atom stereocenters. The molecule has 11 N–H and O–H groups in total. The second kappa shape index (κ2) is 23.9. The van der Waals surface area contributed by atoms with Gasteiger partial charge in [-0.25, -0.2) is 19.9 Å². The Bertz CT molecular complexity index is 4120. The Morgan fingerprint density at radius 3 is 2.03 bits per heavy atom. The van der Waals surface area contributed by atoms with Gasteiger partial charge in [0.1, 0.15) is 32.5 Å². The summed E-state index contributed by atoms with van der Waals surface area (Å²) in [6, 6.07) is 20.9. The molecule has 0 spiro atoms. The molecule has 8 aromatic rings. The Morgan fingerprint density at radius 1 is 0.684 bits per heavy atom. The molecule has 0 aliphatic carbocycles. The van der Waals surface area contributed by atoms with E-state index in [1.807, 2.05) is 0 Å². The maximum absolute atomic E-state index is 12.8. The van der Waals surface area contributed by atoms with Crippen molar-refractivity contribution in [1.29, 1.82) is 0 Å². The van der Waals surface area contributed by atoms with Crippen molar-refractivity contribution in [2.45, 2.75) is 31.4 Å². The summed E-state index contributed by atoms with van der Waals surface area (Å²) in [5.74, 6) is -3.66. The molecule has 30 nitrogen and oxygen atoms in total. The largest absolute Gasteiger partial charge is 0.505 e. The molecule has 0 saturated carbocycles. The Morgan fingerprint density at radius 2 is 1.35 bits per heavy atom. The van der Waals surface area contributed by atoms with Gasteiger partial charge in [-0.3, -0.25) is 13.7 Å². The quantitative estimate of drug-likeness (QED) is 0.00756. The predicted molar refractivity (Wildman–Crippen MR) is 277 cm³/mol. The predicted octanol–water partition coefficient (Wildman–Crippen LogP) is 8.49. The van der Waals surface area contributed by atoms with Crippen molar-refractivity contribution in [3.05, 3.63) is 121 Å². The number of aryl methyl sites for hydroxylation is 1. The van der Waals surface area contributed by atoms with E-state index in [0.29, 0.717) is 23.0 Å². The van der Waals surface area contributed by atoms with Crippen molar-refractivity contribution in [1.82, 2.24) is 15.0 Å². The second-order valence-corrected chi connectivity index (χ2v) is 21.5. The summed E-state index contributed by atoms with van der Waals surface area (Å²) in [6.45, 7) is 0.969. The maximum Gasteiger partial charge on any atom is 0.444 e. The van der Waals surface area contributed by atoms with Crippen LogP contribution in [0.1, 0.15) is 15.9 Å². The highest BCUT2D eigenvalue weighted by atomic mass is 32.2. The number of aromatic nitrogens is 4. The number of aliphatic hydroxyl groups excluding tert-OH is 1. The average molecular weight is 1180 g/mol. The third-order valence-corrected chi connectivity index (χ3v) is 14.6. The fraction of sp³-hybridized carbons (Fsp3) is 0.0682. The summed E-state index contributed by atoms with van der Waals surface area (Å²) in [5, 5.41) is 81.7. The van der Waals surface area contributed by atoms with E-state index in [1.165, 1.54) is 48.7 Å². The minimum Gasteiger partial charge on any atom is -0.505 e. The molecule has 35 heteroatoms. The van der Waals surface area contributed by atoms with Crippen LogP contribution in [0.5, 0.6) is 5.75 Å². The summed E-state index contributed by atoms with van der Waals surface area (Å²) < 4.78 is 118. The van der Waals surface area contributed by atoms with Gasteiger partial charge in [0, 0.05) is 17.3 Å². The van der Waals surface area contributed by atoms with Gasteiger partial charge < -0.3 is 31.3 Å². The number of anilines is 5. The normalized spacial score (nSPS) is 12.2. The molecular formula is C44H36N11O19S5+. The standard InChI is InChI=1S/C44H35N11O19S5/c1-22-8-10-28(34(15-22)75-73-71-60)51-53-31-20-36(78(65,66)67)32(45-12-14-56)19-30(31)46-42-48-43(50-44(49-42)55-13-4-6-24(21-55)41(58)59)47-33-18-26(77(62,63)64)16-25-17-35(76-74-72-61)38(39(57)37(25)33)54-52-29-11-9-23-5-2-3-7-27(23)40(29)79(68,69)70/h2-11,13,15-21,56H,12,14H2,1H3,(H9-,45,46,47,48,49,50,51,52,57,58,59,60,61,62,63,64,65,66,67,68,69,70)/p+1. The van der Waals surface area contributed by atoms with E-state index in [0.717, 1.165) is 41.1 Å². The van der Waals surface area contributed by atoms with Crippen molar-refractivity contribution in [2.75, 3.05) is 29.1 Å². The van der Waals surface area contributed by atoms with Crippen LogP contribution < -0.4 is 20.5 Å². The van der Waals surface area contributed by atoms with Gasteiger partial charge in [0.15, 0.2) is 5.75 Å². The van der Waals surface area contributed by atoms with Crippen molar-refractivity contribution < 1.29 is 92.9 Å². The molecule has 0 fully saturated rings. The summed E-state index contributed by atoms with van der Waals surface area (Å²) in [5.41, 5.74) is -1.72. The molecule has 0 unspecified atom stereocenters. The SMILES string of the molecule is Cc1ccc(N=Nc2cc(S(=O)(=O)O)c(NCCO)cc2Nc2nc(Nc3cc(S(=O)(=O)O)cc4cc(SOOO)c(N=Nc5ccc6ccccc6c5S(=O)(=O)O)c(O)c34)nc(-[n+]3cccc(C(=O)O)c3)n2)c(SOOO)c1. The topological polar surface area (TPSA) is 446 Å². The van der Waals surface area contributed by atoms with E-state index in [1.54, 1.807) is 31.2 Å². The van der Waals surface area contributed by atoms with E-state index in [9.17, 15) is 59.0 Å². The second-order valence-electron chi connectivity index (χ2n) is 15.9. The fourth-order valence-corrected chi connectivity index (χ4v) is 10.5. The van der Waals surface area contributed by atoms with Crippen LogP contribution in [0.2, 0.25) is 0 Å². The summed E-state index contributed by atoms with van der Waals surface area (Å²) in [4.78, 5) is 23.1. The summed E-state index contributed by atoms with van der Waals surface area (Å²) >= 11 is 0.727. The van der Waals surface area contributed by atoms with E-state index < -0.39 is 92.3 Å². The fourth-order valence-electron chi connectivity index (χ4n) is 7.39. The molecule has 8 rings (SSSR count). The van der Waals surface area contributed by atoms with Crippen LogP contribution in [-0.4, -0.2) is 98.8 Å². The minimum absolute atomic E-state index is 0.0461. The number of phenolic OH excluding ortho intramolecular Hbond substituents is 1. The molecule has 0 amide bonds. The molecule has 6 aromatic carbocycles. The molecular weight excluding hydrogens is 1150 g/mol. The van der Waals surface area contributed by atoms with Crippen molar-refractivity contribution in [2.24, 2.45) is 20.5 Å². The van der Waals surface area contributed by atoms with E-state index in [-0.39, 0.29) is 78.8 Å². The summed E-state index contributed by atoms with van der Waals surface area (Å²) in [6.07, 6.45) is 2.43. The molecule has 410 valence electrons. The molecule has 0 aliphatic rings. The number of rotatable bonds is 22. The zero-order valence-corrected chi connectivity index (χ0v) is 43.6. The number of carbonyl (C=O) groups is 1. The van der Waals surface area contributed by atoms with Crippen molar-refractivity contribution in [3.8, 4) is 11.7 Å². The van der Waals surface area contributed by atoms with Crippen LogP contribution in [0.4, 0.5) is 51.7 Å². The number of pyridine rings is 1. The molecule has 0 aliphatic heterocycles. The zero-order valence-electron chi connectivity index (χ0n) is 39.5. The number of benzene rings is 6. The molecule has 2 aromatic heterocycles. The monoisotopic (exact) mass is 1180 g/mol. The van der Waals surface area contributed by atoms with Crippen molar-refractivity contribution >= 4 is 134 Å². The van der Waals surface area contributed by atoms with Gasteiger partial charge in [0.25, 0.3) is 30.4 Å². The number of carboxylic acid groups (broad SMARTS) is 1. The van der Waals surface area contributed by atoms with Gasteiger partial charge >= 0.3 is 23.8 Å². The average Bonchev–Trinajstić information content (AvgIpc) is 3.48. The highest BCUT2D eigenvalue weighted by Crippen LogP contribution is 2.48. The van der Waals surface area contributed by atoms with Gasteiger partial charge in [-0.2, -0.15) is 25.3 Å². The first-order valence-corrected chi connectivity index (χ1v) is 27.5. The molecule has 0 radical (unpaired) electrons. The smallest absolute Gasteiger partial charge is 0.444 e. The lowest BCUT2D eigenvalue weighted by Gasteiger charge is -2.15. The Balaban J connectivity index is 1.34. The lowest BCUT2D eigenvalue weighted by atomic mass is 10.1. The number of hydrogen-bond acceptors (Lipinski definition) is 27. The first-order chi connectivity index (χ1) is 37.6. The van der Waals surface area contributed by atoms with Crippen LogP contribution in [-0.2, 0) is 49.1 Å². The third kappa shape index (κ3) is 13.5. The van der Waals surface area contributed by atoms with E-state index in [2.05, 4.69) is 70.1 Å². The Kier molecular flexibility index (Phi) is 17.3. The number of nitrogens with zero attached hydrogens (tertiary/aromatic N) is 8. The third-order valence-electron chi connectivity index (χ3n) is 10.7. The number of aliphatic hydroxyl groups is 1. The van der Waals surface area contributed by atoms with Crippen LogP contribution in [0, 0.1) is 6.92 Å². The Labute approximate surface area is 452 Å². The van der Waals surface area contributed by atoms with Gasteiger partial charge in [0.2, 0.25) is 0 Å². The van der Waals surface area contributed by atoms with Crippen molar-refractivity contribution in [3.63, 3.8) is 0 Å². The Hall–Kier alpha value is -7.98. The van der Waals surface area contributed by atoms with Crippen LogP contribution in [0.3, 0.4) is 0 Å². The molecule has 0 bridgehead atoms. The van der Waals surface area contributed by atoms with Gasteiger partial charge in [0.05, 0.1) is 80.4 Å². The lowest BCUT2D eigenvalue weighted by molar-refractivity contribution is -0.603. The molecule has 2 heterocycles. The molecule has 79 heavy (non-hydrogen) atoms. The first-order valence-electron chi connectivity index (χ1n) is 21.7. The lowest BCUT2D eigenvalue weighted by Crippen LogP contribution is -2.34. The van der Waals surface area contributed by atoms with Crippen LogP contribution in [0.25, 0.3) is 27.5 Å². The number of carboxylic acids is 1. The highest BCUT2D eigenvalue weighted by molar-refractivity contribution is 7.95. The highest BCUT2D eigenvalue weighted by Gasteiger charge is 2.27. The maximum atomic E-state index is 12.8. The van der Waals surface area contributed by atoms with Gasteiger partial charge in [-0.15, -0.1) is 34.1 Å². The minimum atomic E-state index is -5.12. The zero-order chi connectivity index (χ0) is 56.8. The number of phenols is 1. The number of hydrogen-bond donors (Lipinski definition) is 11. The van der Waals surface area contributed by atoms with Gasteiger partial charge in [-0.1, -0.05) is 46.5 Å².